The first-order valence-electron chi connectivity index (χ1n) is 9.63. The van der Waals surface area contributed by atoms with Crippen molar-refractivity contribution in [1.29, 1.82) is 0 Å². The molecule has 0 amide bonds. The number of aryl methyl sites for hydroxylation is 2. The van der Waals surface area contributed by atoms with E-state index in [4.69, 9.17) is 15.2 Å². The third-order valence-corrected chi connectivity index (χ3v) is 5.41. The van der Waals surface area contributed by atoms with E-state index in [1.807, 2.05) is 47.0 Å². The van der Waals surface area contributed by atoms with Gasteiger partial charge in [-0.3, -0.25) is 0 Å². The van der Waals surface area contributed by atoms with E-state index < -0.39 is 0 Å². The molecule has 0 spiro atoms. The summed E-state index contributed by atoms with van der Waals surface area (Å²) < 4.78 is 13.6. The first-order valence-corrected chi connectivity index (χ1v) is 10.4. The van der Waals surface area contributed by atoms with Gasteiger partial charge >= 0.3 is 6.01 Å². The molecule has 0 unspecified atom stereocenters. The minimum atomic E-state index is 0.258. The number of nitrogens with zero attached hydrogens (tertiary/aromatic N) is 4. The average molecular weight is 468 g/mol. The number of fused-ring (bicyclic) bond motifs is 1. The van der Waals surface area contributed by atoms with E-state index in [1.54, 1.807) is 7.11 Å². The molecule has 7 nitrogen and oxygen atoms in total. The van der Waals surface area contributed by atoms with Crippen LogP contribution in [0.3, 0.4) is 0 Å². The summed E-state index contributed by atoms with van der Waals surface area (Å²) in [7, 11) is 1.66. The second-order valence-corrected chi connectivity index (χ2v) is 7.49. The van der Waals surface area contributed by atoms with E-state index in [0.717, 1.165) is 18.6 Å². The van der Waals surface area contributed by atoms with E-state index in [9.17, 15) is 0 Å². The summed E-state index contributed by atoms with van der Waals surface area (Å²) in [5.41, 5.74) is 9.71. The topological polar surface area (TPSA) is 88.1 Å². The lowest BCUT2D eigenvalue weighted by molar-refractivity contribution is 0.297. The van der Waals surface area contributed by atoms with Crippen molar-refractivity contribution in [3.05, 3.63) is 70.5 Å². The maximum Gasteiger partial charge on any atom is 0.320 e. The number of halogens is 1. The van der Waals surface area contributed by atoms with Gasteiger partial charge in [0.25, 0.3) is 0 Å². The molecule has 2 aromatic carbocycles. The molecule has 8 heteroatoms. The highest BCUT2D eigenvalue weighted by atomic mass is 79.9. The summed E-state index contributed by atoms with van der Waals surface area (Å²) in [6.45, 7) is 1.15. The second kappa shape index (κ2) is 9.13. The SMILES string of the molecule is COc1ccc(CCn2c(Br)nc3c(N)nc(OCCc4ccccc4)nc32)cc1. The Kier molecular flexibility index (Phi) is 6.13. The lowest BCUT2D eigenvalue weighted by Crippen LogP contribution is -2.08. The fourth-order valence-electron chi connectivity index (χ4n) is 3.18. The molecule has 0 saturated carbocycles. The molecule has 0 bridgehead atoms. The molecule has 4 aromatic rings. The number of hydrogen-bond acceptors (Lipinski definition) is 6. The second-order valence-electron chi connectivity index (χ2n) is 6.78. The number of methoxy groups -OCH3 is 1. The van der Waals surface area contributed by atoms with Crippen molar-refractivity contribution in [2.24, 2.45) is 0 Å². The Labute approximate surface area is 183 Å². The fourth-order valence-corrected chi connectivity index (χ4v) is 3.70. The van der Waals surface area contributed by atoms with Crippen molar-refractivity contribution < 1.29 is 9.47 Å². The molecule has 0 radical (unpaired) electrons. The summed E-state index contributed by atoms with van der Waals surface area (Å²) >= 11 is 3.52. The number of hydrogen-bond donors (Lipinski definition) is 1. The standard InChI is InChI=1S/C22H22BrN5O2/c1-29-17-9-7-16(8-10-17)11-13-28-20-18(25-21(28)23)19(24)26-22(27-20)30-14-12-15-5-3-2-4-6-15/h2-10H,11-14H2,1H3,(H2,24,26,27). The van der Waals surface area contributed by atoms with Gasteiger partial charge in [0.05, 0.1) is 13.7 Å². The van der Waals surface area contributed by atoms with Gasteiger partial charge in [-0.1, -0.05) is 42.5 Å². The number of anilines is 1. The quantitative estimate of drug-likeness (QED) is 0.393. The van der Waals surface area contributed by atoms with Gasteiger partial charge in [0.2, 0.25) is 0 Å². The van der Waals surface area contributed by atoms with Crippen LogP contribution >= 0.6 is 15.9 Å². The van der Waals surface area contributed by atoms with Gasteiger partial charge in [-0.05, 0) is 45.6 Å². The zero-order valence-corrected chi connectivity index (χ0v) is 18.2. The largest absolute Gasteiger partial charge is 0.497 e. The smallest absolute Gasteiger partial charge is 0.320 e. The van der Waals surface area contributed by atoms with Crippen molar-refractivity contribution in [3.8, 4) is 11.8 Å². The van der Waals surface area contributed by atoms with Crippen LogP contribution in [0, 0.1) is 0 Å². The van der Waals surface area contributed by atoms with E-state index in [2.05, 4.69) is 43.0 Å². The highest BCUT2D eigenvalue weighted by Gasteiger charge is 2.16. The third kappa shape index (κ3) is 4.54. The van der Waals surface area contributed by atoms with Gasteiger partial charge in [0.1, 0.15) is 5.75 Å². The summed E-state index contributed by atoms with van der Waals surface area (Å²) in [4.78, 5) is 13.3. The summed E-state index contributed by atoms with van der Waals surface area (Å²) in [5, 5.41) is 0. The Hall–Kier alpha value is -3.13. The molecular formula is C22H22BrN5O2. The summed E-state index contributed by atoms with van der Waals surface area (Å²) in [6, 6.07) is 18.4. The molecule has 154 valence electrons. The van der Waals surface area contributed by atoms with Crippen molar-refractivity contribution in [3.63, 3.8) is 0 Å². The Morgan fingerprint density at radius 1 is 0.933 bits per heavy atom. The minimum absolute atomic E-state index is 0.258. The number of benzene rings is 2. The summed E-state index contributed by atoms with van der Waals surface area (Å²) in [6.07, 6.45) is 1.57. The lowest BCUT2D eigenvalue weighted by atomic mass is 10.1. The van der Waals surface area contributed by atoms with Gasteiger partial charge < -0.3 is 19.8 Å². The van der Waals surface area contributed by atoms with Gasteiger partial charge in [-0.25, -0.2) is 4.98 Å². The Morgan fingerprint density at radius 2 is 1.67 bits per heavy atom. The van der Waals surface area contributed by atoms with Gasteiger partial charge in [-0.15, -0.1) is 0 Å². The zero-order valence-electron chi connectivity index (χ0n) is 16.6. The molecule has 2 aromatic heterocycles. The van der Waals surface area contributed by atoms with Crippen LogP contribution in [0.1, 0.15) is 11.1 Å². The average Bonchev–Trinajstić information content (AvgIpc) is 3.09. The first-order chi connectivity index (χ1) is 14.6. The molecule has 0 aliphatic carbocycles. The van der Waals surface area contributed by atoms with Crippen molar-refractivity contribution >= 4 is 32.9 Å². The Bertz CT molecular complexity index is 1130. The van der Waals surface area contributed by atoms with Crippen LogP contribution in [0.5, 0.6) is 11.8 Å². The highest BCUT2D eigenvalue weighted by molar-refractivity contribution is 9.10. The van der Waals surface area contributed by atoms with E-state index in [0.29, 0.717) is 34.9 Å². The van der Waals surface area contributed by atoms with Crippen LogP contribution in [0.4, 0.5) is 5.82 Å². The molecule has 2 N–H and O–H groups in total. The number of ether oxygens (including phenoxy) is 2. The molecule has 0 aliphatic heterocycles. The van der Waals surface area contributed by atoms with Crippen LogP contribution in [0.15, 0.2) is 59.3 Å². The van der Waals surface area contributed by atoms with Crippen molar-refractivity contribution in [2.45, 2.75) is 19.4 Å². The molecule has 4 rings (SSSR count). The number of imidazole rings is 1. The van der Waals surface area contributed by atoms with Gasteiger partial charge in [-0.2, -0.15) is 9.97 Å². The lowest BCUT2D eigenvalue weighted by Gasteiger charge is -2.08. The predicted molar refractivity (Wildman–Crippen MR) is 120 cm³/mol. The molecule has 0 atom stereocenters. The molecular weight excluding hydrogens is 446 g/mol. The van der Waals surface area contributed by atoms with E-state index in [-0.39, 0.29) is 6.01 Å². The normalized spacial score (nSPS) is 11.0. The van der Waals surface area contributed by atoms with Crippen LogP contribution in [0.2, 0.25) is 0 Å². The maximum atomic E-state index is 6.12. The molecule has 0 saturated heterocycles. The highest BCUT2D eigenvalue weighted by Crippen LogP contribution is 2.25. The monoisotopic (exact) mass is 467 g/mol. The van der Waals surface area contributed by atoms with Crippen molar-refractivity contribution in [2.75, 3.05) is 19.5 Å². The van der Waals surface area contributed by atoms with Gasteiger partial charge in [0.15, 0.2) is 21.7 Å². The molecule has 0 fully saturated rings. The molecule has 2 heterocycles. The Balaban J connectivity index is 1.50. The van der Waals surface area contributed by atoms with Crippen LogP contribution in [-0.4, -0.2) is 33.2 Å². The third-order valence-electron chi connectivity index (χ3n) is 4.80. The van der Waals surface area contributed by atoms with E-state index in [1.165, 1.54) is 11.1 Å². The predicted octanol–water partition coefficient (Wildman–Crippen LogP) is 4.04. The van der Waals surface area contributed by atoms with Crippen molar-refractivity contribution in [1.82, 2.24) is 19.5 Å². The number of nitrogens with two attached hydrogens (primary N) is 1. The molecule has 30 heavy (non-hydrogen) atoms. The van der Waals surface area contributed by atoms with Crippen LogP contribution < -0.4 is 15.2 Å². The molecule has 0 aliphatic rings. The fraction of sp³-hybridized carbons (Fsp3) is 0.227. The van der Waals surface area contributed by atoms with Gasteiger partial charge in [0, 0.05) is 13.0 Å². The number of aromatic nitrogens is 4. The van der Waals surface area contributed by atoms with E-state index >= 15 is 0 Å². The maximum absolute atomic E-state index is 6.12. The van der Waals surface area contributed by atoms with Crippen LogP contribution in [-0.2, 0) is 19.4 Å². The first kappa shape index (κ1) is 20.2. The van der Waals surface area contributed by atoms with Crippen LogP contribution in [0.25, 0.3) is 11.2 Å². The summed E-state index contributed by atoms with van der Waals surface area (Å²) in [5.74, 6) is 1.14. The number of rotatable bonds is 8. The minimum Gasteiger partial charge on any atom is -0.497 e. The number of nitrogen functional groups attached to an aromatic ring is 1. The zero-order chi connectivity index (χ0) is 20.9. The Morgan fingerprint density at radius 3 is 2.40 bits per heavy atom.